The molecule has 0 saturated carbocycles. The summed E-state index contributed by atoms with van der Waals surface area (Å²) in [6, 6.07) is 19.5. The quantitative estimate of drug-likeness (QED) is 0.415. The number of benzene rings is 2. The SMILES string of the molecule is CCc1c(C(=O)Nc2nc(-c3ccccc3)c(C(C)=O)s2)cnn1Cc1ccccc1. The Morgan fingerprint density at radius 2 is 1.71 bits per heavy atom. The first kappa shape index (κ1) is 20.7. The zero-order valence-corrected chi connectivity index (χ0v) is 18.1. The Labute approximate surface area is 184 Å². The number of anilines is 1. The standard InChI is InChI=1S/C24H22N4O2S/c1-3-20-19(14-25-28(20)15-17-10-6-4-7-11-17)23(30)27-24-26-21(22(31-24)16(2)29)18-12-8-5-9-13-18/h4-14H,3,15H2,1-2H3,(H,26,27,30). The van der Waals surface area contributed by atoms with Crippen molar-refractivity contribution in [2.45, 2.75) is 26.8 Å². The van der Waals surface area contributed by atoms with E-state index in [9.17, 15) is 9.59 Å². The zero-order chi connectivity index (χ0) is 21.8. The predicted molar refractivity (Wildman–Crippen MR) is 123 cm³/mol. The molecule has 2 aromatic carbocycles. The molecule has 6 nitrogen and oxygen atoms in total. The summed E-state index contributed by atoms with van der Waals surface area (Å²) in [6.07, 6.45) is 2.26. The molecule has 0 aliphatic heterocycles. The Morgan fingerprint density at radius 3 is 2.35 bits per heavy atom. The molecule has 31 heavy (non-hydrogen) atoms. The lowest BCUT2D eigenvalue weighted by atomic mass is 10.1. The van der Waals surface area contributed by atoms with Gasteiger partial charge in [-0.25, -0.2) is 4.98 Å². The minimum absolute atomic E-state index is 0.0817. The molecule has 2 aromatic heterocycles. The van der Waals surface area contributed by atoms with Crippen LogP contribution < -0.4 is 5.32 Å². The number of hydrogen-bond acceptors (Lipinski definition) is 5. The van der Waals surface area contributed by atoms with Crippen LogP contribution in [-0.4, -0.2) is 26.5 Å². The minimum Gasteiger partial charge on any atom is -0.298 e. The van der Waals surface area contributed by atoms with Crippen LogP contribution in [0.3, 0.4) is 0 Å². The van der Waals surface area contributed by atoms with Gasteiger partial charge in [-0.1, -0.05) is 78.9 Å². The Balaban J connectivity index is 1.60. The predicted octanol–water partition coefficient (Wildman–Crippen LogP) is 5.07. The van der Waals surface area contributed by atoms with Gasteiger partial charge in [0, 0.05) is 12.5 Å². The van der Waals surface area contributed by atoms with Gasteiger partial charge in [-0.05, 0) is 12.0 Å². The molecule has 0 fully saturated rings. The highest BCUT2D eigenvalue weighted by molar-refractivity contribution is 7.18. The molecule has 7 heteroatoms. The number of ketones is 1. The molecule has 0 aliphatic carbocycles. The fourth-order valence-electron chi connectivity index (χ4n) is 3.43. The van der Waals surface area contributed by atoms with Crippen molar-refractivity contribution in [2.75, 3.05) is 5.32 Å². The number of rotatable bonds is 7. The van der Waals surface area contributed by atoms with Crippen LogP contribution in [0.15, 0.2) is 66.9 Å². The summed E-state index contributed by atoms with van der Waals surface area (Å²) in [5.74, 6) is -0.360. The normalized spacial score (nSPS) is 10.8. The van der Waals surface area contributed by atoms with Crippen LogP contribution >= 0.6 is 11.3 Å². The van der Waals surface area contributed by atoms with Gasteiger partial charge >= 0.3 is 0 Å². The molecule has 0 spiro atoms. The van der Waals surface area contributed by atoms with Crippen molar-refractivity contribution >= 4 is 28.2 Å². The minimum atomic E-state index is -0.278. The van der Waals surface area contributed by atoms with Crippen molar-refractivity contribution in [1.29, 1.82) is 0 Å². The first-order valence-corrected chi connectivity index (χ1v) is 10.9. The smallest absolute Gasteiger partial charge is 0.260 e. The first-order valence-electron chi connectivity index (χ1n) is 10.0. The summed E-state index contributed by atoms with van der Waals surface area (Å²) in [7, 11) is 0. The number of amides is 1. The van der Waals surface area contributed by atoms with E-state index in [1.54, 1.807) is 6.20 Å². The van der Waals surface area contributed by atoms with E-state index in [1.807, 2.05) is 72.3 Å². The number of Topliss-reactive ketones (excluding diaryl/α,β-unsaturated/α-hetero) is 1. The monoisotopic (exact) mass is 430 g/mol. The van der Waals surface area contributed by atoms with Crippen LogP contribution in [-0.2, 0) is 13.0 Å². The van der Waals surface area contributed by atoms with Gasteiger partial charge in [0.25, 0.3) is 5.91 Å². The van der Waals surface area contributed by atoms with Gasteiger partial charge in [-0.2, -0.15) is 5.10 Å². The molecule has 0 bridgehead atoms. The third-order valence-corrected chi connectivity index (χ3v) is 5.99. The lowest BCUT2D eigenvalue weighted by Crippen LogP contribution is -2.15. The van der Waals surface area contributed by atoms with Crippen LogP contribution in [0.5, 0.6) is 0 Å². The Hall–Kier alpha value is -3.58. The summed E-state index contributed by atoms with van der Waals surface area (Å²) < 4.78 is 1.85. The molecule has 1 N–H and O–H groups in total. The molecule has 0 aliphatic rings. The van der Waals surface area contributed by atoms with Crippen LogP contribution in [0, 0.1) is 0 Å². The summed E-state index contributed by atoms with van der Waals surface area (Å²) in [4.78, 5) is 30.2. The molecule has 4 rings (SSSR count). The topological polar surface area (TPSA) is 76.9 Å². The molecule has 2 heterocycles. The molecule has 0 unspecified atom stereocenters. The third-order valence-electron chi connectivity index (χ3n) is 4.92. The maximum atomic E-state index is 13.0. The van der Waals surface area contributed by atoms with E-state index in [0.29, 0.717) is 34.2 Å². The number of nitrogens with zero attached hydrogens (tertiary/aromatic N) is 3. The highest BCUT2D eigenvalue weighted by Gasteiger charge is 2.21. The number of thiazole rings is 1. The second-order valence-corrected chi connectivity index (χ2v) is 8.07. The Kier molecular flexibility index (Phi) is 6.04. The lowest BCUT2D eigenvalue weighted by Gasteiger charge is -2.08. The van der Waals surface area contributed by atoms with Gasteiger partial charge in [0.1, 0.15) is 0 Å². The molecule has 156 valence electrons. The number of nitrogens with one attached hydrogen (secondary N) is 1. The lowest BCUT2D eigenvalue weighted by molar-refractivity contribution is 0.101. The van der Waals surface area contributed by atoms with E-state index in [1.165, 1.54) is 18.3 Å². The molecule has 0 radical (unpaired) electrons. The van der Waals surface area contributed by atoms with Crippen LogP contribution in [0.25, 0.3) is 11.3 Å². The summed E-state index contributed by atoms with van der Waals surface area (Å²) in [5.41, 5.74) is 3.91. The van der Waals surface area contributed by atoms with Gasteiger partial charge < -0.3 is 0 Å². The van der Waals surface area contributed by atoms with E-state index >= 15 is 0 Å². The molecular formula is C24H22N4O2S. The van der Waals surface area contributed by atoms with E-state index in [4.69, 9.17) is 0 Å². The van der Waals surface area contributed by atoms with Crippen molar-refractivity contribution < 1.29 is 9.59 Å². The Bertz CT molecular complexity index is 1210. The highest BCUT2D eigenvalue weighted by atomic mass is 32.1. The van der Waals surface area contributed by atoms with Gasteiger partial charge in [0.15, 0.2) is 10.9 Å². The number of aromatic nitrogens is 3. The van der Waals surface area contributed by atoms with Crippen molar-refractivity contribution in [2.24, 2.45) is 0 Å². The molecule has 0 atom stereocenters. The number of hydrogen-bond donors (Lipinski definition) is 1. The van der Waals surface area contributed by atoms with Gasteiger partial charge in [0.05, 0.1) is 34.6 Å². The molecular weight excluding hydrogens is 408 g/mol. The van der Waals surface area contributed by atoms with Gasteiger partial charge in [-0.15, -0.1) is 0 Å². The zero-order valence-electron chi connectivity index (χ0n) is 17.3. The van der Waals surface area contributed by atoms with Crippen molar-refractivity contribution in [1.82, 2.24) is 14.8 Å². The Morgan fingerprint density at radius 1 is 1.03 bits per heavy atom. The van der Waals surface area contributed by atoms with Gasteiger partial charge in [0.2, 0.25) is 0 Å². The maximum Gasteiger partial charge on any atom is 0.260 e. The second-order valence-electron chi connectivity index (χ2n) is 7.07. The third kappa shape index (κ3) is 4.46. The van der Waals surface area contributed by atoms with E-state index < -0.39 is 0 Å². The average molecular weight is 431 g/mol. The summed E-state index contributed by atoms with van der Waals surface area (Å²) in [6.45, 7) is 4.11. The maximum absolute atomic E-state index is 13.0. The van der Waals surface area contributed by atoms with Gasteiger partial charge in [-0.3, -0.25) is 19.6 Å². The molecule has 0 saturated heterocycles. The van der Waals surface area contributed by atoms with E-state index in [-0.39, 0.29) is 11.7 Å². The van der Waals surface area contributed by atoms with Crippen molar-refractivity contribution in [3.63, 3.8) is 0 Å². The van der Waals surface area contributed by atoms with E-state index in [2.05, 4.69) is 15.4 Å². The fourth-order valence-corrected chi connectivity index (χ4v) is 4.31. The van der Waals surface area contributed by atoms with Crippen LogP contribution in [0.2, 0.25) is 0 Å². The van der Waals surface area contributed by atoms with Crippen molar-refractivity contribution in [3.8, 4) is 11.3 Å². The van der Waals surface area contributed by atoms with Crippen molar-refractivity contribution in [3.05, 3.63) is 88.6 Å². The average Bonchev–Trinajstić information content (AvgIpc) is 3.39. The molecule has 4 aromatic rings. The van der Waals surface area contributed by atoms with Crippen LogP contribution in [0.1, 0.15) is 45.1 Å². The highest BCUT2D eigenvalue weighted by Crippen LogP contribution is 2.31. The summed E-state index contributed by atoms with van der Waals surface area (Å²) >= 11 is 1.19. The number of carbonyl (C=O) groups excluding carboxylic acids is 2. The molecule has 1 amide bonds. The summed E-state index contributed by atoms with van der Waals surface area (Å²) in [5, 5.41) is 7.68. The second kappa shape index (κ2) is 9.06. The first-order chi connectivity index (χ1) is 15.1. The van der Waals surface area contributed by atoms with Crippen LogP contribution in [0.4, 0.5) is 5.13 Å². The number of carbonyl (C=O) groups is 2. The largest absolute Gasteiger partial charge is 0.298 e. The fraction of sp³-hybridized carbons (Fsp3) is 0.167. The van der Waals surface area contributed by atoms with E-state index in [0.717, 1.165) is 16.8 Å².